The van der Waals surface area contributed by atoms with Gasteiger partial charge in [0.05, 0.1) is 5.75 Å². The minimum Gasteiger partial charge on any atom is -0.295 e. The van der Waals surface area contributed by atoms with Crippen molar-refractivity contribution in [2.24, 2.45) is 0 Å². The van der Waals surface area contributed by atoms with Crippen molar-refractivity contribution in [2.75, 3.05) is 12.3 Å². The van der Waals surface area contributed by atoms with Gasteiger partial charge in [-0.15, -0.1) is 0 Å². The molecule has 1 aliphatic rings. The number of hydrogen-bond donors (Lipinski definition) is 1. The Morgan fingerprint density at radius 2 is 1.58 bits per heavy atom. The summed E-state index contributed by atoms with van der Waals surface area (Å²) in [5.74, 6) is -0.109. The third kappa shape index (κ3) is 4.93. The van der Waals surface area contributed by atoms with Crippen LogP contribution in [0.25, 0.3) is 0 Å². The van der Waals surface area contributed by atoms with Crippen molar-refractivity contribution < 1.29 is 13.0 Å². The highest BCUT2D eigenvalue weighted by atomic mass is 32.2. The molecule has 1 heterocycles. The molecular weight excluding hydrogens is 262 g/mol. The van der Waals surface area contributed by atoms with Crippen LogP contribution >= 0.6 is 0 Å². The van der Waals surface area contributed by atoms with E-state index in [1.807, 2.05) is 0 Å². The van der Waals surface area contributed by atoms with Crippen LogP contribution in [0.4, 0.5) is 0 Å². The molecule has 0 aromatic heterocycles. The molecule has 1 aliphatic heterocycles. The number of benzene rings is 1. The Labute approximate surface area is 115 Å². The molecule has 0 aliphatic carbocycles. The molecule has 0 atom stereocenters. The van der Waals surface area contributed by atoms with Gasteiger partial charge < -0.3 is 0 Å². The molecule has 0 spiro atoms. The topological polar surface area (TPSA) is 57.6 Å². The van der Waals surface area contributed by atoms with E-state index in [-0.39, 0.29) is 5.75 Å². The Hall–Kier alpha value is -0.910. The van der Waals surface area contributed by atoms with E-state index in [2.05, 4.69) is 29.2 Å². The number of fused-ring (bicyclic) bond motifs is 1. The molecule has 1 aromatic rings. The second-order valence-corrected chi connectivity index (χ2v) is 6.75. The summed E-state index contributed by atoms with van der Waals surface area (Å²) >= 11 is 0. The molecule has 0 saturated heterocycles. The SMILES string of the molecule is O=S(=O)(O)CCCCCCN1Cc2ccccc2C1. The number of unbranched alkanes of at least 4 members (excludes halogenated alkanes) is 3. The molecule has 1 aromatic carbocycles. The van der Waals surface area contributed by atoms with Gasteiger partial charge in [-0.3, -0.25) is 9.45 Å². The molecule has 2 rings (SSSR count). The number of hydrogen-bond acceptors (Lipinski definition) is 3. The van der Waals surface area contributed by atoms with Gasteiger partial charge >= 0.3 is 0 Å². The van der Waals surface area contributed by atoms with Crippen molar-refractivity contribution in [1.82, 2.24) is 4.90 Å². The fourth-order valence-electron chi connectivity index (χ4n) is 2.54. The first-order valence-corrected chi connectivity index (χ1v) is 8.40. The summed E-state index contributed by atoms with van der Waals surface area (Å²) in [5.41, 5.74) is 2.85. The van der Waals surface area contributed by atoms with E-state index in [1.165, 1.54) is 11.1 Å². The summed E-state index contributed by atoms with van der Waals surface area (Å²) in [6.45, 7) is 3.11. The predicted octanol–water partition coefficient (Wildman–Crippen LogP) is 2.45. The highest BCUT2D eigenvalue weighted by Gasteiger charge is 2.17. The Balaban J connectivity index is 1.59. The fourth-order valence-corrected chi connectivity index (χ4v) is 3.10. The highest BCUT2D eigenvalue weighted by Crippen LogP contribution is 2.22. The Kier molecular flexibility index (Phi) is 4.96. The lowest BCUT2D eigenvalue weighted by Gasteiger charge is -2.14. The second-order valence-electron chi connectivity index (χ2n) is 5.18. The maximum Gasteiger partial charge on any atom is 0.264 e. The highest BCUT2D eigenvalue weighted by molar-refractivity contribution is 7.85. The van der Waals surface area contributed by atoms with Crippen LogP contribution in [0.5, 0.6) is 0 Å². The molecule has 106 valence electrons. The largest absolute Gasteiger partial charge is 0.295 e. The van der Waals surface area contributed by atoms with Crippen molar-refractivity contribution in [3.05, 3.63) is 35.4 Å². The molecule has 4 nitrogen and oxygen atoms in total. The first kappa shape index (κ1) is 14.5. The van der Waals surface area contributed by atoms with E-state index in [0.29, 0.717) is 6.42 Å². The van der Waals surface area contributed by atoms with E-state index in [1.54, 1.807) is 0 Å². The van der Waals surface area contributed by atoms with Crippen LogP contribution in [0.1, 0.15) is 36.8 Å². The van der Waals surface area contributed by atoms with Gasteiger partial charge in [0, 0.05) is 13.1 Å². The van der Waals surface area contributed by atoms with Crippen molar-refractivity contribution in [3.8, 4) is 0 Å². The average molecular weight is 283 g/mol. The molecular formula is C14H21NO3S. The average Bonchev–Trinajstić information content (AvgIpc) is 2.74. The molecule has 0 fully saturated rings. The fraction of sp³-hybridized carbons (Fsp3) is 0.571. The molecule has 0 amide bonds. The zero-order chi connectivity index (χ0) is 13.7. The molecule has 0 saturated carbocycles. The quantitative estimate of drug-likeness (QED) is 0.617. The monoisotopic (exact) mass is 283 g/mol. The van der Waals surface area contributed by atoms with Crippen LogP contribution < -0.4 is 0 Å². The zero-order valence-electron chi connectivity index (χ0n) is 11.1. The van der Waals surface area contributed by atoms with E-state index < -0.39 is 10.1 Å². The van der Waals surface area contributed by atoms with Crippen LogP contribution in [0, 0.1) is 0 Å². The zero-order valence-corrected chi connectivity index (χ0v) is 11.9. The number of rotatable bonds is 7. The minimum atomic E-state index is -3.77. The summed E-state index contributed by atoms with van der Waals surface area (Å²) in [6.07, 6.45) is 3.52. The first-order chi connectivity index (χ1) is 9.04. The summed E-state index contributed by atoms with van der Waals surface area (Å²) in [7, 11) is -3.77. The van der Waals surface area contributed by atoms with E-state index in [4.69, 9.17) is 4.55 Å². The standard InChI is InChI=1S/C14H21NO3S/c16-19(17,18)10-6-2-1-5-9-15-11-13-7-3-4-8-14(13)12-15/h3-4,7-8H,1-2,5-6,9-12H2,(H,16,17,18). The lowest BCUT2D eigenvalue weighted by Crippen LogP contribution is -2.17. The van der Waals surface area contributed by atoms with Gasteiger partial charge in [-0.25, -0.2) is 0 Å². The van der Waals surface area contributed by atoms with Gasteiger partial charge in [-0.1, -0.05) is 37.1 Å². The molecule has 1 N–H and O–H groups in total. The van der Waals surface area contributed by atoms with Crippen molar-refractivity contribution >= 4 is 10.1 Å². The third-order valence-corrected chi connectivity index (χ3v) is 4.34. The van der Waals surface area contributed by atoms with E-state index in [0.717, 1.165) is 38.9 Å². The predicted molar refractivity (Wildman–Crippen MR) is 75.4 cm³/mol. The van der Waals surface area contributed by atoms with Gasteiger partial charge in [0.1, 0.15) is 0 Å². The van der Waals surface area contributed by atoms with Crippen LogP contribution in [0.15, 0.2) is 24.3 Å². The normalized spacial score (nSPS) is 15.6. The Morgan fingerprint density at radius 1 is 1.00 bits per heavy atom. The van der Waals surface area contributed by atoms with Gasteiger partial charge in [-0.05, 0) is 30.5 Å². The molecule has 0 bridgehead atoms. The maximum absolute atomic E-state index is 10.5. The number of nitrogens with zero attached hydrogens (tertiary/aromatic N) is 1. The first-order valence-electron chi connectivity index (χ1n) is 6.79. The van der Waals surface area contributed by atoms with Crippen LogP contribution in [0.3, 0.4) is 0 Å². The molecule has 19 heavy (non-hydrogen) atoms. The second kappa shape index (κ2) is 6.50. The lowest BCUT2D eigenvalue weighted by atomic mass is 10.1. The van der Waals surface area contributed by atoms with E-state index in [9.17, 15) is 8.42 Å². The summed E-state index contributed by atoms with van der Waals surface area (Å²) in [6, 6.07) is 8.53. The van der Waals surface area contributed by atoms with Gasteiger partial charge in [0.15, 0.2) is 0 Å². The summed E-state index contributed by atoms with van der Waals surface area (Å²) in [5, 5.41) is 0. The van der Waals surface area contributed by atoms with E-state index >= 15 is 0 Å². The van der Waals surface area contributed by atoms with Crippen molar-refractivity contribution in [1.29, 1.82) is 0 Å². The van der Waals surface area contributed by atoms with Gasteiger partial charge in [-0.2, -0.15) is 8.42 Å². The molecule has 0 unspecified atom stereocenters. The van der Waals surface area contributed by atoms with Crippen LogP contribution in [-0.2, 0) is 23.2 Å². The minimum absolute atomic E-state index is 0.109. The Morgan fingerprint density at radius 3 is 2.16 bits per heavy atom. The lowest BCUT2D eigenvalue weighted by molar-refractivity contribution is 0.276. The van der Waals surface area contributed by atoms with Crippen LogP contribution in [0.2, 0.25) is 0 Å². The smallest absolute Gasteiger partial charge is 0.264 e. The third-order valence-electron chi connectivity index (χ3n) is 3.53. The van der Waals surface area contributed by atoms with Gasteiger partial charge in [0.2, 0.25) is 0 Å². The van der Waals surface area contributed by atoms with Crippen molar-refractivity contribution in [3.63, 3.8) is 0 Å². The van der Waals surface area contributed by atoms with Gasteiger partial charge in [0.25, 0.3) is 10.1 Å². The van der Waals surface area contributed by atoms with Crippen molar-refractivity contribution in [2.45, 2.75) is 38.8 Å². The maximum atomic E-state index is 10.5. The summed E-state index contributed by atoms with van der Waals surface area (Å²) < 4.78 is 29.7. The summed E-state index contributed by atoms with van der Waals surface area (Å²) in [4.78, 5) is 2.42. The molecule has 5 heteroatoms. The van der Waals surface area contributed by atoms with Crippen LogP contribution in [-0.4, -0.2) is 30.2 Å². The molecule has 0 radical (unpaired) electrons. The Bertz CT molecular complexity index is 488.